The molecule has 118 valence electrons. The molecule has 2 rings (SSSR count). The van der Waals surface area contributed by atoms with Gasteiger partial charge in [-0.15, -0.1) is 0 Å². The molecule has 0 spiro atoms. The van der Waals surface area contributed by atoms with Gasteiger partial charge < -0.3 is 15.3 Å². The van der Waals surface area contributed by atoms with Gasteiger partial charge in [-0.05, 0) is 25.0 Å². The van der Waals surface area contributed by atoms with Crippen LogP contribution in [-0.2, 0) is 14.4 Å². The minimum atomic E-state index is -1.05. The van der Waals surface area contributed by atoms with Gasteiger partial charge in [-0.3, -0.25) is 14.4 Å². The fourth-order valence-corrected chi connectivity index (χ4v) is 2.65. The molecular formula is C16H20N2O4. The van der Waals surface area contributed by atoms with Gasteiger partial charge in [0.25, 0.3) is 0 Å². The Morgan fingerprint density at radius 1 is 1.41 bits per heavy atom. The molecule has 0 saturated carbocycles. The molecule has 0 fully saturated rings. The topological polar surface area (TPSA) is 86.7 Å². The smallest absolute Gasteiger partial charge is 0.323 e. The Morgan fingerprint density at radius 3 is 2.73 bits per heavy atom. The second kappa shape index (κ2) is 6.60. The summed E-state index contributed by atoms with van der Waals surface area (Å²) < 4.78 is 0. The summed E-state index contributed by atoms with van der Waals surface area (Å²) in [5.74, 6) is -2.21. The zero-order valence-corrected chi connectivity index (χ0v) is 12.7. The van der Waals surface area contributed by atoms with Crippen LogP contribution in [0.5, 0.6) is 0 Å². The molecule has 1 aliphatic rings. The maximum absolute atomic E-state index is 12.8. The van der Waals surface area contributed by atoms with Crippen LogP contribution < -0.4 is 5.32 Å². The van der Waals surface area contributed by atoms with Crippen molar-refractivity contribution in [2.75, 3.05) is 11.9 Å². The molecule has 0 aromatic heterocycles. The number of carbonyl (C=O) groups is 3. The lowest BCUT2D eigenvalue weighted by atomic mass is 9.89. The molecule has 6 nitrogen and oxygen atoms in total. The van der Waals surface area contributed by atoms with Crippen molar-refractivity contribution in [2.45, 2.75) is 38.6 Å². The van der Waals surface area contributed by atoms with E-state index in [2.05, 4.69) is 5.32 Å². The van der Waals surface area contributed by atoms with Crippen molar-refractivity contribution >= 4 is 23.5 Å². The molecule has 1 heterocycles. The van der Waals surface area contributed by atoms with Crippen molar-refractivity contribution in [3.05, 3.63) is 29.8 Å². The van der Waals surface area contributed by atoms with Gasteiger partial charge in [0.15, 0.2) is 0 Å². The van der Waals surface area contributed by atoms with Gasteiger partial charge in [-0.1, -0.05) is 25.1 Å². The summed E-state index contributed by atoms with van der Waals surface area (Å²) in [6.07, 6.45) is 0.696. The number of fused-ring (bicyclic) bond motifs is 1. The summed E-state index contributed by atoms with van der Waals surface area (Å²) in [6, 6.07) is 6.95. The quantitative estimate of drug-likeness (QED) is 0.868. The van der Waals surface area contributed by atoms with Crippen molar-refractivity contribution in [2.24, 2.45) is 0 Å². The monoisotopic (exact) mass is 304 g/mol. The Bertz CT molecular complexity index is 600. The molecule has 0 saturated heterocycles. The third-order valence-corrected chi connectivity index (χ3v) is 4.01. The lowest BCUT2D eigenvalue weighted by Crippen LogP contribution is -2.45. The number of anilines is 1. The molecule has 2 N–H and O–H groups in total. The molecule has 1 aliphatic heterocycles. The molecule has 1 aromatic rings. The largest absolute Gasteiger partial charge is 0.480 e. The SMILES string of the molecule is CCC(C)N(CC(=O)O)C(=O)C1CC(=O)Nc2ccccc21. The summed E-state index contributed by atoms with van der Waals surface area (Å²) in [5, 5.41) is 11.8. The van der Waals surface area contributed by atoms with Gasteiger partial charge in [0, 0.05) is 18.2 Å². The molecule has 2 atom stereocenters. The van der Waals surface area contributed by atoms with E-state index in [4.69, 9.17) is 5.11 Å². The number of hydrogen-bond acceptors (Lipinski definition) is 3. The zero-order chi connectivity index (χ0) is 16.3. The number of hydrogen-bond donors (Lipinski definition) is 2. The molecule has 6 heteroatoms. The third-order valence-electron chi connectivity index (χ3n) is 4.01. The van der Waals surface area contributed by atoms with Crippen molar-refractivity contribution in [3.8, 4) is 0 Å². The molecular weight excluding hydrogens is 284 g/mol. The fourth-order valence-electron chi connectivity index (χ4n) is 2.65. The van der Waals surface area contributed by atoms with E-state index in [1.54, 1.807) is 24.3 Å². The van der Waals surface area contributed by atoms with Gasteiger partial charge in [0.05, 0.1) is 5.92 Å². The van der Waals surface area contributed by atoms with Crippen LogP contribution in [0.4, 0.5) is 5.69 Å². The van der Waals surface area contributed by atoms with E-state index in [0.29, 0.717) is 12.1 Å². The van der Waals surface area contributed by atoms with Crippen molar-refractivity contribution in [1.29, 1.82) is 0 Å². The number of nitrogens with one attached hydrogen (secondary N) is 1. The average molecular weight is 304 g/mol. The first-order valence-corrected chi connectivity index (χ1v) is 7.35. The number of para-hydroxylation sites is 1. The highest BCUT2D eigenvalue weighted by Crippen LogP contribution is 2.33. The number of amides is 2. The van der Waals surface area contributed by atoms with E-state index in [1.807, 2.05) is 13.8 Å². The normalized spacial score (nSPS) is 18.1. The Balaban J connectivity index is 2.34. The molecule has 2 amide bonds. The number of aliphatic carboxylic acids is 1. The zero-order valence-electron chi connectivity index (χ0n) is 12.7. The van der Waals surface area contributed by atoms with Crippen LogP contribution in [0.1, 0.15) is 38.2 Å². The van der Waals surface area contributed by atoms with Crippen molar-refractivity contribution < 1.29 is 19.5 Å². The number of nitrogens with zero attached hydrogens (tertiary/aromatic N) is 1. The first-order chi connectivity index (χ1) is 10.4. The molecule has 0 aliphatic carbocycles. The van der Waals surface area contributed by atoms with Crippen LogP contribution in [0, 0.1) is 0 Å². The van der Waals surface area contributed by atoms with Gasteiger partial charge in [0.2, 0.25) is 11.8 Å². The van der Waals surface area contributed by atoms with E-state index >= 15 is 0 Å². The summed E-state index contributed by atoms with van der Waals surface area (Å²) in [6.45, 7) is 3.36. The predicted octanol–water partition coefficient (Wildman–Crippen LogP) is 1.82. The van der Waals surface area contributed by atoms with Crippen molar-refractivity contribution in [3.63, 3.8) is 0 Å². The van der Waals surface area contributed by atoms with E-state index in [-0.39, 0.29) is 30.8 Å². The summed E-state index contributed by atoms with van der Waals surface area (Å²) in [4.78, 5) is 37.1. The van der Waals surface area contributed by atoms with Gasteiger partial charge in [-0.25, -0.2) is 0 Å². The third kappa shape index (κ3) is 3.27. The highest BCUT2D eigenvalue weighted by molar-refractivity contribution is 6.01. The van der Waals surface area contributed by atoms with Crippen LogP contribution in [0.2, 0.25) is 0 Å². The molecule has 1 aromatic carbocycles. The number of carbonyl (C=O) groups excluding carboxylic acids is 2. The minimum absolute atomic E-state index is 0.0440. The fraction of sp³-hybridized carbons (Fsp3) is 0.438. The van der Waals surface area contributed by atoms with Crippen molar-refractivity contribution in [1.82, 2.24) is 4.90 Å². The van der Waals surface area contributed by atoms with E-state index in [1.165, 1.54) is 4.90 Å². The highest BCUT2D eigenvalue weighted by atomic mass is 16.4. The predicted molar refractivity (Wildman–Crippen MR) is 81.5 cm³/mol. The summed E-state index contributed by atoms with van der Waals surface area (Å²) in [5.41, 5.74) is 1.36. The second-order valence-electron chi connectivity index (χ2n) is 5.51. The highest BCUT2D eigenvalue weighted by Gasteiger charge is 2.35. The van der Waals surface area contributed by atoms with Gasteiger partial charge in [-0.2, -0.15) is 0 Å². The van der Waals surface area contributed by atoms with Gasteiger partial charge in [0.1, 0.15) is 6.54 Å². The molecule has 2 unspecified atom stereocenters. The van der Waals surface area contributed by atoms with Crippen LogP contribution in [0.3, 0.4) is 0 Å². The number of rotatable bonds is 5. The molecule has 0 bridgehead atoms. The minimum Gasteiger partial charge on any atom is -0.480 e. The molecule has 22 heavy (non-hydrogen) atoms. The summed E-state index contributed by atoms with van der Waals surface area (Å²) in [7, 11) is 0. The Kier molecular flexibility index (Phi) is 4.80. The number of carboxylic acids is 1. The van der Waals surface area contributed by atoms with E-state index < -0.39 is 11.9 Å². The Morgan fingerprint density at radius 2 is 2.09 bits per heavy atom. The lowest BCUT2D eigenvalue weighted by molar-refractivity contribution is -0.147. The Labute approximate surface area is 129 Å². The second-order valence-corrected chi connectivity index (χ2v) is 5.51. The van der Waals surface area contributed by atoms with E-state index in [9.17, 15) is 14.4 Å². The maximum Gasteiger partial charge on any atom is 0.323 e. The standard InChI is InChI=1S/C16H20N2O4/c1-3-10(2)18(9-15(20)21)16(22)12-8-14(19)17-13-7-5-4-6-11(12)13/h4-7,10,12H,3,8-9H2,1-2H3,(H,17,19)(H,20,21). The average Bonchev–Trinajstić information content (AvgIpc) is 2.50. The first kappa shape index (κ1) is 16.0. The van der Waals surface area contributed by atoms with E-state index in [0.717, 1.165) is 5.56 Å². The lowest BCUT2D eigenvalue weighted by Gasteiger charge is -2.33. The number of carboxylic acid groups (broad SMARTS) is 1. The molecule has 0 radical (unpaired) electrons. The van der Waals surface area contributed by atoms with Crippen LogP contribution >= 0.6 is 0 Å². The van der Waals surface area contributed by atoms with Crippen LogP contribution in [-0.4, -0.2) is 40.4 Å². The maximum atomic E-state index is 12.8. The van der Waals surface area contributed by atoms with Gasteiger partial charge >= 0.3 is 5.97 Å². The number of benzene rings is 1. The van der Waals surface area contributed by atoms with Crippen LogP contribution in [0.25, 0.3) is 0 Å². The Hall–Kier alpha value is -2.37. The summed E-state index contributed by atoms with van der Waals surface area (Å²) >= 11 is 0. The first-order valence-electron chi connectivity index (χ1n) is 7.35. The van der Waals surface area contributed by atoms with Crippen LogP contribution in [0.15, 0.2) is 24.3 Å².